The Bertz CT molecular complexity index is 1840. The van der Waals surface area contributed by atoms with Gasteiger partial charge < -0.3 is 10.6 Å². The lowest BCUT2D eigenvalue weighted by Crippen LogP contribution is -2.60. The second-order valence-corrected chi connectivity index (χ2v) is 14.1. The van der Waals surface area contributed by atoms with E-state index in [-0.39, 0.29) is 40.2 Å². The third-order valence-electron chi connectivity index (χ3n) is 7.40. The highest BCUT2D eigenvalue weighted by molar-refractivity contribution is 7.89. The van der Waals surface area contributed by atoms with Gasteiger partial charge in [-0.1, -0.05) is 78.9 Å². The van der Waals surface area contributed by atoms with Crippen LogP contribution in [0.4, 0.5) is 5.69 Å². The molecular formula is C32H32N4O6S2. The molecule has 1 aliphatic heterocycles. The Labute approximate surface area is 257 Å². The van der Waals surface area contributed by atoms with Crippen molar-refractivity contribution in [1.29, 1.82) is 0 Å². The van der Waals surface area contributed by atoms with Crippen LogP contribution < -0.4 is 10.6 Å². The molecule has 0 saturated carbocycles. The van der Waals surface area contributed by atoms with Crippen molar-refractivity contribution in [3.05, 3.63) is 126 Å². The summed E-state index contributed by atoms with van der Waals surface area (Å²) in [5.74, 6) is -1.21. The van der Waals surface area contributed by atoms with Gasteiger partial charge in [0.05, 0.1) is 27.1 Å². The van der Waals surface area contributed by atoms with Crippen molar-refractivity contribution in [3.8, 4) is 0 Å². The number of amides is 2. The molecule has 1 saturated heterocycles. The van der Waals surface area contributed by atoms with Gasteiger partial charge in [0.25, 0.3) is 5.91 Å². The lowest BCUT2D eigenvalue weighted by atomic mass is 10.1. The first-order valence-electron chi connectivity index (χ1n) is 14.0. The fourth-order valence-corrected chi connectivity index (χ4v) is 8.09. The van der Waals surface area contributed by atoms with Gasteiger partial charge in [-0.05, 0) is 48.9 Å². The Balaban J connectivity index is 1.44. The zero-order valence-corrected chi connectivity index (χ0v) is 25.5. The largest absolute Gasteiger partial charge is 0.345 e. The quantitative estimate of drug-likeness (QED) is 0.288. The van der Waals surface area contributed by atoms with Crippen molar-refractivity contribution in [1.82, 2.24) is 13.9 Å². The van der Waals surface area contributed by atoms with Crippen molar-refractivity contribution in [2.24, 2.45) is 0 Å². The molecule has 228 valence electrons. The van der Waals surface area contributed by atoms with Crippen LogP contribution in [0.3, 0.4) is 0 Å². The molecule has 1 heterocycles. The minimum Gasteiger partial charge on any atom is -0.345 e. The van der Waals surface area contributed by atoms with E-state index in [4.69, 9.17) is 0 Å². The van der Waals surface area contributed by atoms with Crippen molar-refractivity contribution < 1.29 is 26.4 Å². The highest BCUT2D eigenvalue weighted by Crippen LogP contribution is 2.27. The SMILES string of the molecule is C[C@@H](NC(=O)c1ccccc1NC(=O)[C@H]1CN(S(=O)(=O)c2ccccc2)CCN1S(=O)(=O)c1ccccc1)c1ccccc1. The van der Waals surface area contributed by atoms with E-state index in [0.29, 0.717) is 0 Å². The average Bonchev–Trinajstić information content (AvgIpc) is 3.05. The molecule has 1 aliphatic rings. The second kappa shape index (κ2) is 13.1. The number of carbonyl (C=O) groups excluding carboxylic acids is 2. The van der Waals surface area contributed by atoms with Crippen LogP contribution in [0.2, 0.25) is 0 Å². The predicted molar refractivity (Wildman–Crippen MR) is 167 cm³/mol. The lowest BCUT2D eigenvalue weighted by Gasteiger charge is -2.39. The molecule has 0 aromatic heterocycles. The highest BCUT2D eigenvalue weighted by Gasteiger charge is 2.43. The average molecular weight is 633 g/mol. The minimum absolute atomic E-state index is 0.0214. The van der Waals surface area contributed by atoms with E-state index >= 15 is 0 Å². The molecule has 1 fully saturated rings. The summed E-state index contributed by atoms with van der Waals surface area (Å²) in [5.41, 5.74) is 1.23. The molecule has 0 spiro atoms. The van der Waals surface area contributed by atoms with Gasteiger partial charge in [-0.3, -0.25) is 9.59 Å². The number of para-hydroxylation sites is 1. The van der Waals surface area contributed by atoms with E-state index in [1.54, 1.807) is 54.6 Å². The molecule has 0 unspecified atom stereocenters. The van der Waals surface area contributed by atoms with Gasteiger partial charge in [-0.25, -0.2) is 16.8 Å². The van der Waals surface area contributed by atoms with Crippen molar-refractivity contribution in [2.45, 2.75) is 28.8 Å². The third-order valence-corrected chi connectivity index (χ3v) is 11.2. The maximum atomic E-state index is 13.9. The van der Waals surface area contributed by atoms with Crippen molar-refractivity contribution in [3.63, 3.8) is 0 Å². The minimum atomic E-state index is -4.18. The van der Waals surface area contributed by atoms with Crippen LogP contribution in [0.25, 0.3) is 0 Å². The van der Waals surface area contributed by atoms with E-state index < -0.39 is 44.4 Å². The Hall–Kier alpha value is -4.36. The Morgan fingerprint density at radius 1 is 0.705 bits per heavy atom. The summed E-state index contributed by atoms with van der Waals surface area (Å²) >= 11 is 0. The molecule has 2 atom stereocenters. The van der Waals surface area contributed by atoms with Crippen LogP contribution in [0.15, 0.2) is 125 Å². The lowest BCUT2D eigenvalue weighted by molar-refractivity contribution is -0.120. The molecule has 2 N–H and O–H groups in total. The summed E-state index contributed by atoms with van der Waals surface area (Å²) in [4.78, 5) is 27.2. The van der Waals surface area contributed by atoms with Gasteiger partial charge in [0.1, 0.15) is 6.04 Å². The van der Waals surface area contributed by atoms with Gasteiger partial charge >= 0.3 is 0 Å². The number of anilines is 1. The topological polar surface area (TPSA) is 133 Å². The van der Waals surface area contributed by atoms with E-state index in [2.05, 4.69) is 10.6 Å². The zero-order valence-electron chi connectivity index (χ0n) is 23.9. The standard InChI is InChI=1S/C32H32N4O6S2/c1-24(25-13-5-2-6-14-25)33-31(37)28-19-11-12-20-29(28)34-32(38)30-23-35(43(39,40)26-15-7-3-8-16-26)21-22-36(30)44(41,42)27-17-9-4-10-18-27/h2-20,24,30H,21-23H2,1H3,(H,33,37)(H,34,38)/t24-,30-/m1/s1. The molecule has 4 aromatic carbocycles. The van der Waals surface area contributed by atoms with E-state index in [1.165, 1.54) is 30.3 Å². The predicted octanol–water partition coefficient (Wildman–Crippen LogP) is 3.88. The van der Waals surface area contributed by atoms with E-state index in [0.717, 1.165) is 14.2 Å². The third kappa shape index (κ3) is 6.58. The zero-order chi connectivity index (χ0) is 31.3. The van der Waals surface area contributed by atoms with Crippen LogP contribution in [0.1, 0.15) is 28.9 Å². The Kier molecular flexibility index (Phi) is 9.25. The molecule has 0 bridgehead atoms. The first-order valence-corrected chi connectivity index (χ1v) is 16.8. The van der Waals surface area contributed by atoms with E-state index in [1.807, 2.05) is 37.3 Å². The van der Waals surface area contributed by atoms with Gasteiger partial charge in [-0.2, -0.15) is 8.61 Å². The van der Waals surface area contributed by atoms with Gasteiger partial charge in [0.2, 0.25) is 26.0 Å². The fraction of sp³-hybridized carbons (Fsp3) is 0.188. The first-order chi connectivity index (χ1) is 21.1. The van der Waals surface area contributed by atoms with E-state index in [9.17, 15) is 26.4 Å². The molecule has 0 radical (unpaired) electrons. The molecule has 4 aromatic rings. The summed E-state index contributed by atoms with van der Waals surface area (Å²) in [6.07, 6.45) is 0. The molecule has 0 aliphatic carbocycles. The number of nitrogens with one attached hydrogen (secondary N) is 2. The molecule has 10 nitrogen and oxygen atoms in total. The number of piperazine rings is 1. The maximum Gasteiger partial charge on any atom is 0.253 e. The Morgan fingerprint density at radius 2 is 1.23 bits per heavy atom. The first kappa shape index (κ1) is 31.1. The molecule has 5 rings (SSSR count). The molecular weight excluding hydrogens is 601 g/mol. The summed E-state index contributed by atoms with van der Waals surface area (Å²) < 4.78 is 56.5. The van der Waals surface area contributed by atoms with Crippen LogP contribution >= 0.6 is 0 Å². The van der Waals surface area contributed by atoms with Crippen molar-refractivity contribution in [2.75, 3.05) is 25.0 Å². The molecule has 2 amide bonds. The number of rotatable bonds is 9. The number of nitrogens with zero attached hydrogens (tertiary/aromatic N) is 2. The van der Waals surface area contributed by atoms with Gasteiger partial charge in [-0.15, -0.1) is 0 Å². The number of benzene rings is 4. The van der Waals surface area contributed by atoms with Crippen LogP contribution in [-0.4, -0.2) is 62.9 Å². The summed E-state index contributed by atoms with van der Waals surface area (Å²) in [6, 6.07) is 29.4. The summed E-state index contributed by atoms with van der Waals surface area (Å²) in [5, 5.41) is 5.63. The number of hydrogen-bond donors (Lipinski definition) is 2. The van der Waals surface area contributed by atoms with Crippen LogP contribution in [0.5, 0.6) is 0 Å². The second-order valence-electron chi connectivity index (χ2n) is 10.3. The monoisotopic (exact) mass is 632 g/mol. The summed E-state index contributed by atoms with van der Waals surface area (Å²) in [6.45, 7) is 1.01. The summed E-state index contributed by atoms with van der Waals surface area (Å²) in [7, 11) is -8.21. The number of carbonyl (C=O) groups is 2. The highest BCUT2D eigenvalue weighted by atomic mass is 32.2. The smallest absolute Gasteiger partial charge is 0.253 e. The maximum absolute atomic E-state index is 13.9. The number of sulfonamides is 2. The number of hydrogen-bond acceptors (Lipinski definition) is 6. The van der Waals surface area contributed by atoms with Gasteiger partial charge in [0.15, 0.2) is 0 Å². The van der Waals surface area contributed by atoms with Crippen LogP contribution in [-0.2, 0) is 24.8 Å². The normalized spacial score (nSPS) is 17.0. The molecule has 12 heteroatoms. The van der Waals surface area contributed by atoms with Crippen molar-refractivity contribution >= 4 is 37.5 Å². The Morgan fingerprint density at radius 3 is 1.84 bits per heavy atom. The fourth-order valence-electron chi connectivity index (χ4n) is 5.04. The van der Waals surface area contributed by atoms with Gasteiger partial charge in [0, 0.05) is 19.6 Å². The molecule has 44 heavy (non-hydrogen) atoms. The van der Waals surface area contributed by atoms with Crippen LogP contribution in [0, 0.1) is 0 Å².